The maximum absolute atomic E-state index is 13.7. The lowest BCUT2D eigenvalue weighted by molar-refractivity contribution is -0.113. The van der Waals surface area contributed by atoms with E-state index in [1.54, 1.807) is 28.8 Å². The number of aromatic nitrogens is 3. The molecule has 0 bridgehead atoms. The molecule has 1 N–H and O–H groups in total. The van der Waals surface area contributed by atoms with E-state index >= 15 is 0 Å². The molecule has 30 heavy (non-hydrogen) atoms. The molecule has 1 aromatic heterocycles. The van der Waals surface area contributed by atoms with Crippen LogP contribution in [0.5, 0.6) is 5.75 Å². The van der Waals surface area contributed by atoms with Crippen LogP contribution in [0.3, 0.4) is 0 Å². The fourth-order valence-electron chi connectivity index (χ4n) is 2.70. The molecule has 0 aliphatic heterocycles. The number of halogens is 1. The highest BCUT2D eigenvalue weighted by Gasteiger charge is 2.15. The number of nitrogens with one attached hydrogen (secondary N) is 1. The summed E-state index contributed by atoms with van der Waals surface area (Å²) in [6, 6.07) is 12.0. The zero-order valence-electron chi connectivity index (χ0n) is 16.9. The SMILES string of the molecule is C=CCn1c(COc2ccccc2F)nnc1SCC(=O)Nc1ccc(C)c(C)c1. The van der Waals surface area contributed by atoms with E-state index in [1.165, 1.54) is 23.4 Å². The van der Waals surface area contributed by atoms with Crippen molar-refractivity contribution in [2.24, 2.45) is 0 Å². The number of ether oxygens (including phenoxy) is 1. The van der Waals surface area contributed by atoms with Crippen LogP contribution in [0.25, 0.3) is 0 Å². The third-order valence-corrected chi connectivity index (χ3v) is 5.39. The second kappa shape index (κ2) is 10.1. The molecule has 0 saturated carbocycles. The van der Waals surface area contributed by atoms with E-state index in [2.05, 4.69) is 22.1 Å². The number of carbonyl (C=O) groups is 1. The van der Waals surface area contributed by atoms with Gasteiger partial charge in [-0.2, -0.15) is 0 Å². The second-order valence-corrected chi connectivity index (χ2v) is 7.60. The van der Waals surface area contributed by atoms with Crippen LogP contribution in [0.4, 0.5) is 10.1 Å². The van der Waals surface area contributed by atoms with Crippen molar-refractivity contribution < 1.29 is 13.9 Å². The maximum atomic E-state index is 13.7. The number of carbonyl (C=O) groups excluding carboxylic acids is 1. The highest BCUT2D eigenvalue weighted by Crippen LogP contribution is 2.21. The maximum Gasteiger partial charge on any atom is 0.234 e. The minimum atomic E-state index is -0.440. The van der Waals surface area contributed by atoms with Crippen molar-refractivity contribution in [3.8, 4) is 5.75 Å². The number of nitrogens with zero attached hydrogens (tertiary/aromatic N) is 3. The van der Waals surface area contributed by atoms with E-state index in [4.69, 9.17) is 4.74 Å². The Labute approximate surface area is 179 Å². The Morgan fingerprint density at radius 1 is 1.23 bits per heavy atom. The average Bonchev–Trinajstić information content (AvgIpc) is 3.10. The molecule has 156 valence electrons. The monoisotopic (exact) mass is 426 g/mol. The first-order chi connectivity index (χ1) is 14.5. The number of benzene rings is 2. The van der Waals surface area contributed by atoms with Gasteiger partial charge in [-0.05, 0) is 49.2 Å². The molecule has 3 aromatic rings. The van der Waals surface area contributed by atoms with Crippen LogP contribution in [-0.2, 0) is 17.9 Å². The number of rotatable bonds is 9. The summed E-state index contributed by atoms with van der Waals surface area (Å²) in [7, 11) is 0. The number of aryl methyl sites for hydroxylation is 2. The molecule has 1 heterocycles. The Morgan fingerprint density at radius 3 is 2.77 bits per heavy atom. The van der Waals surface area contributed by atoms with E-state index in [-0.39, 0.29) is 24.0 Å². The van der Waals surface area contributed by atoms with E-state index in [1.807, 2.05) is 32.0 Å². The second-order valence-electron chi connectivity index (χ2n) is 6.65. The molecule has 0 aliphatic carbocycles. The molecule has 0 spiro atoms. The Kier molecular flexibility index (Phi) is 7.24. The topological polar surface area (TPSA) is 69.0 Å². The van der Waals surface area contributed by atoms with Gasteiger partial charge in [0.15, 0.2) is 22.5 Å². The zero-order chi connectivity index (χ0) is 21.5. The Balaban J connectivity index is 1.62. The van der Waals surface area contributed by atoms with Crippen LogP contribution in [0, 0.1) is 19.7 Å². The van der Waals surface area contributed by atoms with Gasteiger partial charge in [0.2, 0.25) is 5.91 Å². The summed E-state index contributed by atoms with van der Waals surface area (Å²) in [5.41, 5.74) is 3.05. The molecule has 0 unspecified atom stereocenters. The lowest BCUT2D eigenvalue weighted by Crippen LogP contribution is -2.15. The Hall–Kier alpha value is -3.13. The fourth-order valence-corrected chi connectivity index (χ4v) is 3.46. The van der Waals surface area contributed by atoms with Gasteiger partial charge in [-0.25, -0.2) is 4.39 Å². The van der Waals surface area contributed by atoms with Crippen LogP contribution in [-0.4, -0.2) is 26.4 Å². The molecule has 0 aliphatic rings. The number of thioether (sulfide) groups is 1. The lowest BCUT2D eigenvalue weighted by Gasteiger charge is -2.10. The molecule has 0 saturated heterocycles. The summed E-state index contributed by atoms with van der Waals surface area (Å²) in [5, 5.41) is 11.7. The van der Waals surface area contributed by atoms with Crippen molar-refractivity contribution in [3.05, 3.63) is 77.9 Å². The van der Waals surface area contributed by atoms with Crippen molar-refractivity contribution in [1.29, 1.82) is 0 Å². The Morgan fingerprint density at radius 2 is 2.03 bits per heavy atom. The van der Waals surface area contributed by atoms with Crippen molar-refractivity contribution in [1.82, 2.24) is 14.8 Å². The van der Waals surface area contributed by atoms with Gasteiger partial charge in [-0.3, -0.25) is 9.36 Å². The van der Waals surface area contributed by atoms with Gasteiger partial charge in [0.1, 0.15) is 6.61 Å². The van der Waals surface area contributed by atoms with Crippen LogP contribution in [0.15, 0.2) is 60.3 Å². The largest absolute Gasteiger partial charge is 0.483 e. The smallest absolute Gasteiger partial charge is 0.234 e. The minimum Gasteiger partial charge on any atom is -0.483 e. The summed E-state index contributed by atoms with van der Waals surface area (Å²) >= 11 is 1.27. The zero-order valence-corrected chi connectivity index (χ0v) is 17.7. The van der Waals surface area contributed by atoms with Crippen LogP contribution in [0.2, 0.25) is 0 Å². The fraction of sp³-hybridized carbons (Fsp3) is 0.227. The van der Waals surface area contributed by atoms with Gasteiger partial charge in [0.05, 0.1) is 5.75 Å². The molecule has 0 radical (unpaired) electrons. The van der Waals surface area contributed by atoms with Gasteiger partial charge in [0, 0.05) is 12.2 Å². The highest BCUT2D eigenvalue weighted by atomic mass is 32.2. The predicted octanol–water partition coefficient (Wildman–Crippen LogP) is 4.53. The first kappa shape index (κ1) is 21.6. The summed E-state index contributed by atoms with van der Waals surface area (Å²) in [5.74, 6) is 0.268. The molecule has 8 heteroatoms. The van der Waals surface area contributed by atoms with Crippen molar-refractivity contribution in [3.63, 3.8) is 0 Å². The minimum absolute atomic E-state index is 0.0528. The van der Waals surface area contributed by atoms with Crippen LogP contribution in [0.1, 0.15) is 17.0 Å². The molecule has 3 rings (SSSR count). The quantitative estimate of drug-likeness (QED) is 0.402. The first-order valence-electron chi connectivity index (χ1n) is 9.38. The summed E-state index contributed by atoms with van der Waals surface area (Å²) in [4.78, 5) is 12.3. The van der Waals surface area contributed by atoms with Gasteiger partial charge in [-0.15, -0.1) is 16.8 Å². The standard InChI is InChI=1S/C22H23FN4O2S/c1-4-11-27-20(13-29-19-8-6-5-7-18(19)23)25-26-22(27)30-14-21(28)24-17-10-9-15(2)16(3)12-17/h4-10,12H,1,11,13-14H2,2-3H3,(H,24,28). The van der Waals surface area contributed by atoms with Crippen LogP contribution >= 0.6 is 11.8 Å². The number of para-hydroxylation sites is 1. The molecule has 1 amide bonds. The van der Waals surface area contributed by atoms with Gasteiger partial charge in [-0.1, -0.05) is 36.0 Å². The van der Waals surface area contributed by atoms with Gasteiger partial charge >= 0.3 is 0 Å². The molecule has 2 aromatic carbocycles. The molecular formula is C22H23FN4O2S. The average molecular weight is 427 g/mol. The molecular weight excluding hydrogens is 403 g/mol. The predicted molar refractivity (Wildman–Crippen MR) is 116 cm³/mol. The summed E-state index contributed by atoms with van der Waals surface area (Å²) in [6.45, 7) is 8.28. The summed E-state index contributed by atoms with van der Waals surface area (Å²) in [6.07, 6.45) is 1.70. The number of anilines is 1. The van der Waals surface area contributed by atoms with E-state index in [0.29, 0.717) is 17.5 Å². The van der Waals surface area contributed by atoms with Crippen molar-refractivity contribution in [2.75, 3.05) is 11.1 Å². The normalized spacial score (nSPS) is 10.6. The third-order valence-electron chi connectivity index (χ3n) is 4.42. The van der Waals surface area contributed by atoms with Gasteiger partial charge in [0.25, 0.3) is 0 Å². The highest BCUT2D eigenvalue weighted by molar-refractivity contribution is 7.99. The molecule has 0 atom stereocenters. The van der Waals surface area contributed by atoms with E-state index in [9.17, 15) is 9.18 Å². The first-order valence-corrected chi connectivity index (χ1v) is 10.4. The van der Waals surface area contributed by atoms with E-state index in [0.717, 1.165) is 11.3 Å². The van der Waals surface area contributed by atoms with E-state index < -0.39 is 5.82 Å². The number of allylic oxidation sites excluding steroid dienone is 1. The van der Waals surface area contributed by atoms with Crippen molar-refractivity contribution in [2.45, 2.75) is 32.2 Å². The third kappa shape index (κ3) is 5.48. The van der Waals surface area contributed by atoms with Crippen molar-refractivity contribution >= 4 is 23.4 Å². The number of amides is 1. The number of hydrogen-bond donors (Lipinski definition) is 1. The van der Waals surface area contributed by atoms with Crippen LogP contribution < -0.4 is 10.1 Å². The Bertz CT molecular complexity index is 1050. The lowest BCUT2D eigenvalue weighted by atomic mass is 10.1. The molecule has 6 nitrogen and oxygen atoms in total. The number of hydrogen-bond acceptors (Lipinski definition) is 5. The van der Waals surface area contributed by atoms with Gasteiger partial charge < -0.3 is 10.1 Å². The molecule has 0 fully saturated rings. The summed E-state index contributed by atoms with van der Waals surface area (Å²) < 4.78 is 21.1.